The first-order valence-corrected chi connectivity index (χ1v) is 5.46. The Morgan fingerprint density at radius 2 is 2.18 bits per heavy atom. The lowest BCUT2D eigenvalue weighted by Gasteiger charge is -2.21. The molecular weight excluding hydrogens is 231 g/mol. The highest BCUT2D eigenvalue weighted by Crippen LogP contribution is 2.42. The average Bonchev–Trinajstić information content (AvgIpc) is 2.88. The van der Waals surface area contributed by atoms with Gasteiger partial charge in [0.1, 0.15) is 0 Å². The summed E-state index contributed by atoms with van der Waals surface area (Å²) in [6.45, 7) is 0. The van der Waals surface area contributed by atoms with Crippen molar-refractivity contribution in [3.63, 3.8) is 0 Å². The van der Waals surface area contributed by atoms with Crippen LogP contribution in [-0.2, 0) is 4.74 Å². The van der Waals surface area contributed by atoms with E-state index in [-0.39, 0.29) is 12.2 Å². The minimum Gasteiger partial charge on any atom is -0.492 e. The van der Waals surface area contributed by atoms with Gasteiger partial charge >= 0.3 is 5.69 Å². The monoisotopic (exact) mass is 242 g/mol. The van der Waals surface area contributed by atoms with E-state index in [1.54, 1.807) is 0 Å². The molecule has 3 heterocycles. The fourth-order valence-corrected chi connectivity index (χ4v) is 2.71. The summed E-state index contributed by atoms with van der Waals surface area (Å²) in [5.41, 5.74) is -2.00. The van der Waals surface area contributed by atoms with Gasteiger partial charge in [0.25, 0.3) is 5.56 Å². The van der Waals surface area contributed by atoms with Gasteiger partial charge in [0, 0.05) is 0 Å². The standard InChI is InChI=1S/C10H11FN2O4/c11-7-8(14)12-10(16)13(9(7)15)5-3-4-1-2-6(5)17-4/h4-6,15H,1-3H2,(H,12,14,16). The maximum atomic E-state index is 13.3. The van der Waals surface area contributed by atoms with Crippen LogP contribution in [0.25, 0.3) is 0 Å². The molecule has 0 aromatic carbocycles. The molecule has 2 fully saturated rings. The number of ether oxygens (including phenoxy) is 1. The van der Waals surface area contributed by atoms with Crippen molar-refractivity contribution in [3.8, 4) is 5.88 Å². The average molecular weight is 242 g/mol. The molecule has 17 heavy (non-hydrogen) atoms. The summed E-state index contributed by atoms with van der Waals surface area (Å²) in [6, 6.07) is -0.396. The summed E-state index contributed by atoms with van der Waals surface area (Å²) in [6.07, 6.45) is 2.13. The van der Waals surface area contributed by atoms with E-state index >= 15 is 0 Å². The molecular formula is C10H11FN2O4. The van der Waals surface area contributed by atoms with E-state index in [0.717, 1.165) is 17.4 Å². The van der Waals surface area contributed by atoms with Gasteiger partial charge in [-0.25, -0.2) is 4.79 Å². The van der Waals surface area contributed by atoms with Crippen LogP contribution in [0.2, 0.25) is 0 Å². The van der Waals surface area contributed by atoms with E-state index in [1.807, 2.05) is 4.98 Å². The lowest BCUT2D eigenvalue weighted by Crippen LogP contribution is -2.37. The Morgan fingerprint density at radius 1 is 1.41 bits per heavy atom. The molecule has 3 atom stereocenters. The molecule has 2 aliphatic rings. The SMILES string of the molecule is O=c1[nH]c(=O)n(C2CC3CCC2O3)c(O)c1F. The molecule has 2 bridgehead atoms. The van der Waals surface area contributed by atoms with E-state index in [1.165, 1.54) is 0 Å². The lowest BCUT2D eigenvalue weighted by atomic mass is 9.95. The smallest absolute Gasteiger partial charge is 0.331 e. The van der Waals surface area contributed by atoms with E-state index in [2.05, 4.69) is 0 Å². The number of H-pyrrole nitrogens is 1. The Labute approximate surface area is 94.7 Å². The van der Waals surface area contributed by atoms with Crippen LogP contribution in [0, 0.1) is 5.82 Å². The molecule has 92 valence electrons. The number of aromatic hydroxyl groups is 1. The first kappa shape index (κ1) is 10.5. The zero-order chi connectivity index (χ0) is 12.2. The highest BCUT2D eigenvalue weighted by molar-refractivity contribution is 5.13. The third kappa shape index (κ3) is 1.42. The highest BCUT2D eigenvalue weighted by atomic mass is 19.1. The minimum absolute atomic E-state index is 0.0614. The summed E-state index contributed by atoms with van der Waals surface area (Å²) < 4.78 is 19.7. The van der Waals surface area contributed by atoms with Crippen LogP contribution in [-0.4, -0.2) is 26.9 Å². The molecule has 1 aromatic heterocycles. The molecule has 2 aliphatic heterocycles. The summed E-state index contributed by atoms with van der Waals surface area (Å²) in [5, 5.41) is 9.56. The number of nitrogens with one attached hydrogen (secondary N) is 1. The van der Waals surface area contributed by atoms with Crippen molar-refractivity contribution in [1.82, 2.24) is 9.55 Å². The van der Waals surface area contributed by atoms with Gasteiger partial charge in [0.15, 0.2) is 0 Å². The van der Waals surface area contributed by atoms with Gasteiger partial charge in [-0.1, -0.05) is 0 Å². The molecule has 7 heteroatoms. The number of halogens is 1. The fraction of sp³-hybridized carbons (Fsp3) is 0.600. The maximum Gasteiger partial charge on any atom is 0.331 e. The normalized spacial score (nSPS) is 31.0. The predicted octanol–water partition coefficient (Wildman–Crippen LogP) is -0.126. The molecule has 0 amide bonds. The largest absolute Gasteiger partial charge is 0.492 e. The second-order valence-corrected chi connectivity index (χ2v) is 4.44. The fourth-order valence-electron chi connectivity index (χ4n) is 2.71. The van der Waals surface area contributed by atoms with Gasteiger partial charge in [-0.2, -0.15) is 4.39 Å². The topological polar surface area (TPSA) is 84.3 Å². The summed E-state index contributed by atoms with van der Waals surface area (Å²) in [5.74, 6) is -2.23. The van der Waals surface area contributed by atoms with Crippen molar-refractivity contribution in [1.29, 1.82) is 0 Å². The van der Waals surface area contributed by atoms with Crippen molar-refractivity contribution >= 4 is 0 Å². The Kier molecular flexibility index (Phi) is 2.12. The summed E-state index contributed by atoms with van der Waals surface area (Å²) in [7, 11) is 0. The van der Waals surface area contributed by atoms with Gasteiger partial charge in [-0.05, 0) is 19.3 Å². The first-order chi connectivity index (χ1) is 8.08. The van der Waals surface area contributed by atoms with E-state index in [4.69, 9.17) is 4.74 Å². The molecule has 2 N–H and O–H groups in total. The van der Waals surface area contributed by atoms with Gasteiger partial charge in [0.2, 0.25) is 11.7 Å². The van der Waals surface area contributed by atoms with E-state index < -0.39 is 29.0 Å². The van der Waals surface area contributed by atoms with Crippen LogP contribution >= 0.6 is 0 Å². The van der Waals surface area contributed by atoms with Crippen molar-refractivity contribution in [2.24, 2.45) is 0 Å². The molecule has 1 aromatic rings. The van der Waals surface area contributed by atoms with Crippen LogP contribution in [0.4, 0.5) is 4.39 Å². The summed E-state index contributed by atoms with van der Waals surface area (Å²) in [4.78, 5) is 24.4. The van der Waals surface area contributed by atoms with Crippen LogP contribution in [0.3, 0.4) is 0 Å². The van der Waals surface area contributed by atoms with Crippen molar-refractivity contribution in [2.45, 2.75) is 37.5 Å². The minimum atomic E-state index is -1.33. The molecule has 0 radical (unpaired) electrons. The number of rotatable bonds is 1. The van der Waals surface area contributed by atoms with Gasteiger partial charge < -0.3 is 9.84 Å². The first-order valence-electron chi connectivity index (χ1n) is 5.46. The van der Waals surface area contributed by atoms with Gasteiger partial charge in [-0.3, -0.25) is 14.3 Å². The quantitative estimate of drug-likeness (QED) is 0.718. The number of aromatic amines is 1. The number of hydrogen-bond donors (Lipinski definition) is 2. The predicted molar refractivity (Wildman–Crippen MR) is 54.5 cm³/mol. The number of fused-ring (bicyclic) bond motifs is 2. The van der Waals surface area contributed by atoms with E-state index in [9.17, 15) is 19.1 Å². The van der Waals surface area contributed by atoms with Crippen LogP contribution < -0.4 is 11.2 Å². The molecule has 3 rings (SSSR count). The maximum absolute atomic E-state index is 13.3. The molecule has 0 aliphatic carbocycles. The molecule has 6 nitrogen and oxygen atoms in total. The van der Waals surface area contributed by atoms with Crippen LogP contribution in [0.15, 0.2) is 9.59 Å². The van der Waals surface area contributed by atoms with Crippen molar-refractivity contribution in [3.05, 3.63) is 26.7 Å². The van der Waals surface area contributed by atoms with Crippen LogP contribution in [0.5, 0.6) is 5.88 Å². The Bertz CT molecular complexity index is 579. The number of hydrogen-bond acceptors (Lipinski definition) is 4. The Morgan fingerprint density at radius 3 is 2.76 bits per heavy atom. The third-order valence-electron chi connectivity index (χ3n) is 3.47. The number of aromatic nitrogens is 2. The van der Waals surface area contributed by atoms with Crippen molar-refractivity contribution in [2.75, 3.05) is 0 Å². The Hall–Kier alpha value is -1.63. The van der Waals surface area contributed by atoms with Crippen LogP contribution in [0.1, 0.15) is 25.3 Å². The number of nitrogens with zero attached hydrogens (tertiary/aromatic N) is 1. The Balaban J connectivity index is 2.13. The molecule has 0 spiro atoms. The van der Waals surface area contributed by atoms with Crippen molar-refractivity contribution < 1.29 is 14.2 Å². The second kappa shape index (κ2) is 3.43. The zero-order valence-corrected chi connectivity index (χ0v) is 8.85. The lowest BCUT2D eigenvalue weighted by molar-refractivity contribution is 0.0915. The highest BCUT2D eigenvalue weighted by Gasteiger charge is 2.43. The molecule has 3 unspecified atom stereocenters. The summed E-state index contributed by atoms with van der Waals surface area (Å²) >= 11 is 0. The zero-order valence-electron chi connectivity index (χ0n) is 8.85. The van der Waals surface area contributed by atoms with E-state index in [0.29, 0.717) is 6.42 Å². The van der Waals surface area contributed by atoms with Gasteiger partial charge in [0.05, 0.1) is 18.2 Å². The third-order valence-corrected chi connectivity index (χ3v) is 3.47. The molecule has 0 saturated carbocycles. The van der Waals surface area contributed by atoms with Gasteiger partial charge in [-0.15, -0.1) is 0 Å². The second-order valence-electron chi connectivity index (χ2n) is 4.44. The molecule has 2 saturated heterocycles.